The maximum Gasteiger partial charge on any atom is 0.331 e. The van der Waals surface area contributed by atoms with Crippen LogP contribution in [0.4, 0.5) is 0 Å². The minimum absolute atomic E-state index is 0.274. The smallest absolute Gasteiger partial charge is 0.331 e. The van der Waals surface area contributed by atoms with E-state index < -0.39 is 0 Å². The molecule has 0 spiro atoms. The lowest BCUT2D eigenvalue weighted by atomic mass is 9.98. The predicted molar refractivity (Wildman–Crippen MR) is 95.1 cm³/mol. The Hall–Kier alpha value is -2.35. The zero-order valence-electron chi connectivity index (χ0n) is 13.7. The predicted octanol–water partition coefficient (Wildman–Crippen LogP) is 5.24. The Kier molecular flexibility index (Phi) is 7.12. The second-order valence-corrected chi connectivity index (χ2v) is 5.52. The van der Waals surface area contributed by atoms with Gasteiger partial charge in [-0.15, -0.1) is 0 Å². The van der Waals surface area contributed by atoms with Crippen molar-refractivity contribution >= 4 is 11.5 Å². The number of carbonyl (C=O) groups is 1. The molecule has 2 rings (SSSR count). The van der Waals surface area contributed by atoms with Gasteiger partial charge >= 0.3 is 5.97 Å². The zero-order valence-corrected chi connectivity index (χ0v) is 13.7. The van der Waals surface area contributed by atoms with Crippen molar-refractivity contribution in [2.24, 2.45) is 0 Å². The summed E-state index contributed by atoms with van der Waals surface area (Å²) in [5, 5.41) is 0. The molecular formula is C21H24O2. The molecular weight excluding hydrogens is 284 g/mol. The van der Waals surface area contributed by atoms with Gasteiger partial charge in [-0.25, -0.2) is 4.79 Å². The van der Waals surface area contributed by atoms with Crippen LogP contribution in [0.1, 0.15) is 43.7 Å². The zero-order chi connectivity index (χ0) is 16.3. The molecule has 0 saturated carbocycles. The van der Waals surface area contributed by atoms with Crippen LogP contribution in [-0.2, 0) is 9.53 Å². The van der Waals surface area contributed by atoms with Crippen molar-refractivity contribution in [1.29, 1.82) is 0 Å². The molecule has 0 fully saturated rings. The Morgan fingerprint density at radius 1 is 0.870 bits per heavy atom. The molecule has 0 amide bonds. The molecule has 0 radical (unpaired) electrons. The third-order valence-corrected chi connectivity index (χ3v) is 3.67. The van der Waals surface area contributed by atoms with Crippen LogP contribution < -0.4 is 0 Å². The fourth-order valence-corrected chi connectivity index (χ4v) is 2.43. The van der Waals surface area contributed by atoms with Crippen LogP contribution in [-0.4, -0.2) is 12.6 Å². The summed E-state index contributed by atoms with van der Waals surface area (Å²) >= 11 is 0. The molecule has 0 aliphatic rings. The summed E-state index contributed by atoms with van der Waals surface area (Å²) in [6, 6.07) is 19.9. The lowest BCUT2D eigenvalue weighted by molar-refractivity contribution is -0.137. The van der Waals surface area contributed by atoms with E-state index >= 15 is 0 Å². The monoisotopic (exact) mass is 308 g/mol. The van der Waals surface area contributed by atoms with E-state index in [1.165, 1.54) is 12.8 Å². The van der Waals surface area contributed by atoms with Gasteiger partial charge in [0.1, 0.15) is 0 Å². The van der Waals surface area contributed by atoms with Gasteiger partial charge in [0.05, 0.1) is 6.61 Å². The third-order valence-electron chi connectivity index (χ3n) is 3.67. The topological polar surface area (TPSA) is 26.3 Å². The van der Waals surface area contributed by atoms with E-state index in [1.54, 1.807) is 6.08 Å². The molecule has 2 heteroatoms. The van der Waals surface area contributed by atoms with Crippen molar-refractivity contribution in [1.82, 2.24) is 0 Å². The molecule has 23 heavy (non-hydrogen) atoms. The van der Waals surface area contributed by atoms with E-state index in [9.17, 15) is 4.79 Å². The number of carbonyl (C=O) groups excluding carboxylic acids is 1. The first kappa shape index (κ1) is 17.0. The summed E-state index contributed by atoms with van der Waals surface area (Å²) in [6.07, 6.45) is 6.01. The van der Waals surface area contributed by atoms with Crippen molar-refractivity contribution in [3.05, 3.63) is 77.9 Å². The van der Waals surface area contributed by atoms with Crippen LogP contribution in [0.15, 0.2) is 66.7 Å². The van der Waals surface area contributed by atoms with Gasteiger partial charge < -0.3 is 4.74 Å². The van der Waals surface area contributed by atoms with Gasteiger partial charge in [0, 0.05) is 6.08 Å². The number of benzene rings is 2. The van der Waals surface area contributed by atoms with Crippen LogP contribution in [0.25, 0.3) is 5.57 Å². The molecule has 0 saturated heterocycles. The third kappa shape index (κ3) is 5.74. The van der Waals surface area contributed by atoms with Gasteiger partial charge in [0.2, 0.25) is 0 Å². The highest BCUT2D eigenvalue weighted by Crippen LogP contribution is 2.23. The molecule has 0 atom stereocenters. The summed E-state index contributed by atoms with van der Waals surface area (Å²) in [4.78, 5) is 12.1. The summed E-state index contributed by atoms with van der Waals surface area (Å²) < 4.78 is 5.35. The number of hydrogen-bond acceptors (Lipinski definition) is 2. The molecule has 0 heterocycles. The Balaban J connectivity index is 2.10. The summed E-state index contributed by atoms with van der Waals surface area (Å²) in [7, 11) is 0. The Morgan fingerprint density at radius 3 is 1.96 bits per heavy atom. The Labute approximate surface area is 138 Å². The highest BCUT2D eigenvalue weighted by Gasteiger charge is 2.08. The van der Waals surface area contributed by atoms with Gasteiger partial charge in [-0.05, 0) is 23.1 Å². The highest BCUT2D eigenvalue weighted by molar-refractivity contribution is 5.96. The molecule has 2 nitrogen and oxygen atoms in total. The van der Waals surface area contributed by atoms with Gasteiger partial charge in [0.25, 0.3) is 0 Å². The minimum atomic E-state index is -0.274. The van der Waals surface area contributed by atoms with E-state index in [4.69, 9.17) is 4.74 Å². The normalized spacial score (nSPS) is 10.1. The number of rotatable bonds is 8. The molecule has 0 bridgehead atoms. The Bertz CT molecular complexity index is 573. The maximum atomic E-state index is 12.1. The van der Waals surface area contributed by atoms with Gasteiger partial charge in [0.15, 0.2) is 0 Å². The molecule has 0 aliphatic carbocycles. The van der Waals surface area contributed by atoms with Crippen molar-refractivity contribution in [3.63, 3.8) is 0 Å². The molecule has 0 aromatic heterocycles. The SMILES string of the molecule is CCCCCCOC(=O)C=C(c1ccccc1)c1ccccc1. The van der Waals surface area contributed by atoms with Crippen LogP contribution in [0.3, 0.4) is 0 Å². The molecule has 0 aliphatic heterocycles. The van der Waals surface area contributed by atoms with E-state index in [2.05, 4.69) is 6.92 Å². The number of ether oxygens (including phenoxy) is 1. The molecule has 2 aromatic carbocycles. The van der Waals surface area contributed by atoms with Crippen LogP contribution in [0.2, 0.25) is 0 Å². The second kappa shape index (κ2) is 9.62. The maximum absolute atomic E-state index is 12.1. The quantitative estimate of drug-likeness (QED) is 0.378. The lowest BCUT2D eigenvalue weighted by Gasteiger charge is -2.09. The summed E-state index contributed by atoms with van der Waals surface area (Å²) in [5.41, 5.74) is 2.92. The first-order chi connectivity index (χ1) is 11.3. The lowest BCUT2D eigenvalue weighted by Crippen LogP contribution is -2.04. The van der Waals surface area contributed by atoms with E-state index in [-0.39, 0.29) is 5.97 Å². The average molecular weight is 308 g/mol. The van der Waals surface area contributed by atoms with Crippen molar-refractivity contribution in [2.75, 3.05) is 6.61 Å². The molecule has 120 valence electrons. The largest absolute Gasteiger partial charge is 0.463 e. The van der Waals surface area contributed by atoms with Crippen LogP contribution >= 0.6 is 0 Å². The van der Waals surface area contributed by atoms with Crippen molar-refractivity contribution in [2.45, 2.75) is 32.6 Å². The summed E-state index contributed by atoms with van der Waals surface area (Å²) in [5.74, 6) is -0.274. The van der Waals surface area contributed by atoms with E-state index in [0.717, 1.165) is 29.5 Å². The van der Waals surface area contributed by atoms with Gasteiger partial charge in [-0.2, -0.15) is 0 Å². The Morgan fingerprint density at radius 2 is 1.43 bits per heavy atom. The second-order valence-electron chi connectivity index (χ2n) is 5.52. The van der Waals surface area contributed by atoms with Crippen LogP contribution in [0.5, 0.6) is 0 Å². The fraction of sp³-hybridized carbons (Fsp3) is 0.286. The minimum Gasteiger partial charge on any atom is -0.463 e. The van der Waals surface area contributed by atoms with Gasteiger partial charge in [-0.3, -0.25) is 0 Å². The summed E-state index contributed by atoms with van der Waals surface area (Å²) in [6.45, 7) is 2.66. The molecule has 2 aromatic rings. The van der Waals surface area contributed by atoms with Crippen LogP contribution in [0, 0.1) is 0 Å². The molecule has 0 N–H and O–H groups in total. The average Bonchev–Trinajstić information content (AvgIpc) is 2.61. The highest BCUT2D eigenvalue weighted by atomic mass is 16.5. The fourth-order valence-electron chi connectivity index (χ4n) is 2.43. The number of esters is 1. The first-order valence-corrected chi connectivity index (χ1v) is 8.30. The van der Waals surface area contributed by atoms with Gasteiger partial charge in [-0.1, -0.05) is 86.8 Å². The van der Waals surface area contributed by atoms with Crippen molar-refractivity contribution in [3.8, 4) is 0 Å². The van der Waals surface area contributed by atoms with E-state index in [0.29, 0.717) is 6.61 Å². The molecule has 0 unspecified atom stereocenters. The first-order valence-electron chi connectivity index (χ1n) is 8.30. The number of hydrogen-bond donors (Lipinski definition) is 0. The number of unbranched alkanes of at least 4 members (excludes halogenated alkanes) is 3. The van der Waals surface area contributed by atoms with E-state index in [1.807, 2.05) is 60.7 Å². The standard InChI is InChI=1S/C21H24O2/c1-2-3-4-11-16-23-21(22)17-20(18-12-7-5-8-13-18)19-14-9-6-10-15-19/h5-10,12-15,17H,2-4,11,16H2,1H3. The van der Waals surface area contributed by atoms with Crippen molar-refractivity contribution < 1.29 is 9.53 Å².